The Labute approximate surface area is 153 Å². The third-order valence-corrected chi connectivity index (χ3v) is 4.89. The second-order valence-electron chi connectivity index (χ2n) is 5.54. The average Bonchev–Trinajstić information content (AvgIpc) is 3.15. The van der Waals surface area contributed by atoms with Gasteiger partial charge in [-0.05, 0) is 24.3 Å². The number of nitro benzene ring substituents is 1. The fraction of sp³-hybridized carbons (Fsp3) is 0.235. The Bertz CT molecular complexity index is 891. The zero-order chi connectivity index (χ0) is 18.5. The lowest BCUT2D eigenvalue weighted by Crippen LogP contribution is -2.17. The van der Waals surface area contributed by atoms with Crippen molar-refractivity contribution < 1.29 is 14.5 Å². The second-order valence-corrected chi connectivity index (χ2v) is 6.69. The van der Waals surface area contributed by atoms with Gasteiger partial charge in [-0.25, -0.2) is 4.98 Å². The van der Waals surface area contributed by atoms with Crippen LogP contribution in [0, 0.1) is 21.4 Å². The lowest BCUT2D eigenvalue weighted by atomic mass is 10.1. The van der Waals surface area contributed by atoms with E-state index in [0.717, 1.165) is 24.0 Å². The van der Waals surface area contributed by atoms with E-state index in [4.69, 9.17) is 10.00 Å². The molecule has 1 unspecified atom stereocenters. The molecule has 9 heteroatoms. The Balaban J connectivity index is 1.76. The Morgan fingerprint density at radius 2 is 2.27 bits per heavy atom. The highest BCUT2D eigenvalue weighted by molar-refractivity contribution is 7.99. The van der Waals surface area contributed by atoms with Crippen molar-refractivity contribution in [1.82, 2.24) is 4.98 Å². The number of anilines is 1. The van der Waals surface area contributed by atoms with Crippen LogP contribution in [0.2, 0.25) is 0 Å². The van der Waals surface area contributed by atoms with Crippen LogP contribution in [-0.4, -0.2) is 33.4 Å². The van der Waals surface area contributed by atoms with Crippen molar-refractivity contribution in [3.8, 4) is 11.9 Å². The number of benzene rings is 1. The summed E-state index contributed by atoms with van der Waals surface area (Å²) in [4.78, 5) is 26.8. The lowest BCUT2D eigenvalue weighted by molar-refractivity contribution is -0.384. The van der Waals surface area contributed by atoms with Crippen molar-refractivity contribution >= 4 is 29.0 Å². The molecule has 1 aliphatic heterocycles. The lowest BCUT2D eigenvalue weighted by Gasteiger charge is -2.12. The van der Waals surface area contributed by atoms with Gasteiger partial charge >= 0.3 is 0 Å². The number of nitrogens with one attached hydrogen (secondary N) is 1. The van der Waals surface area contributed by atoms with Crippen LogP contribution in [0.25, 0.3) is 0 Å². The molecule has 2 heterocycles. The molecule has 1 aromatic carbocycles. The molecular formula is C17H14N4O4S. The highest BCUT2D eigenvalue weighted by Crippen LogP contribution is 2.24. The van der Waals surface area contributed by atoms with E-state index in [2.05, 4.69) is 10.3 Å². The number of non-ortho nitro benzene ring substituents is 1. The summed E-state index contributed by atoms with van der Waals surface area (Å²) in [6.07, 6.45) is 2.51. The third-order valence-electron chi connectivity index (χ3n) is 3.75. The molecule has 1 atom stereocenters. The molecule has 8 nitrogen and oxygen atoms in total. The monoisotopic (exact) mass is 370 g/mol. The molecule has 1 saturated heterocycles. The van der Waals surface area contributed by atoms with Gasteiger partial charge in [-0.3, -0.25) is 14.9 Å². The number of aromatic nitrogens is 1. The minimum atomic E-state index is -0.597. The summed E-state index contributed by atoms with van der Waals surface area (Å²) in [5.74, 6) is 1.85. The maximum Gasteiger partial charge on any atom is 0.270 e. The van der Waals surface area contributed by atoms with Crippen molar-refractivity contribution in [2.24, 2.45) is 0 Å². The zero-order valence-electron chi connectivity index (χ0n) is 13.5. The molecule has 0 bridgehead atoms. The minimum Gasteiger partial charge on any atom is -0.473 e. The van der Waals surface area contributed by atoms with Gasteiger partial charge in [0.05, 0.1) is 16.2 Å². The minimum absolute atomic E-state index is 0.0149. The number of carbonyl (C=O) groups is 1. The molecule has 0 spiro atoms. The number of rotatable bonds is 5. The predicted molar refractivity (Wildman–Crippen MR) is 96.4 cm³/mol. The Kier molecular flexibility index (Phi) is 5.34. The molecule has 1 N–H and O–H groups in total. The van der Waals surface area contributed by atoms with Crippen molar-refractivity contribution in [1.29, 1.82) is 5.26 Å². The number of amides is 1. The van der Waals surface area contributed by atoms with Crippen molar-refractivity contribution in [3.05, 3.63) is 57.8 Å². The molecule has 1 amide bonds. The maximum atomic E-state index is 12.4. The van der Waals surface area contributed by atoms with Crippen LogP contribution in [0.1, 0.15) is 22.3 Å². The van der Waals surface area contributed by atoms with Gasteiger partial charge in [0.1, 0.15) is 12.2 Å². The molecule has 1 aromatic heterocycles. The summed E-state index contributed by atoms with van der Waals surface area (Å²) in [5, 5.41) is 22.5. The first-order valence-electron chi connectivity index (χ1n) is 7.77. The quantitative estimate of drug-likeness (QED) is 0.635. The van der Waals surface area contributed by atoms with Gasteiger partial charge in [0.15, 0.2) is 0 Å². The first kappa shape index (κ1) is 17.7. The average molecular weight is 370 g/mol. The zero-order valence-corrected chi connectivity index (χ0v) is 14.4. The Morgan fingerprint density at radius 1 is 1.42 bits per heavy atom. The topological polar surface area (TPSA) is 118 Å². The van der Waals surface area contributed by atoms with Gasteiger partial charge in [0.25, 0.3) is 11.6 Å². The summed E-state index contributed by atoms with van der Waals surface area (Å²) in [7, 11) is 0. The van der Waals surface area contributed by atoms with Crippen LogP contribution in [0.15, 0.2) is 36.5 Å². The van der Waals surface area contributed by atoms with Crippen LogP contribution < -0.4 is 10.1 Å². The molecule has 0 radical (unpaired) electrons. The number of hydrogen-bond donors (Lipinski definition) is 1. The third kappa shape index (κ3) is 4.10. The van der Waals surface area contributed by atoms with E-state index >= 15 is 0 Å². The molecule has 3 rings (SSSR count). The van der Waals surface area contributed by atoms with Gasteiger partial charge in [-0.1, -0.05) is 0 Å². The van der Waals surface area contributed by atoms with Gasteiger partial charge < -0.3 is 10.1 Å². The Hall–Kier alpha value is -3.12. The van der Waals surface area contributed by atoms with E-state index in [1.54, 1.807) is 0 Å². The smallest absolute Gasteiger partial charge is 0.270 e. The number of nitriles is 1. The first-order valence-corrected chi connectivity index (χ1v) is 8.92. The predicted octanol–water partition coefficient (Wildman–Crippen LogP) is 3.00. The van der Waals surface area contributed by atoms with E-state index < -0.39 is 10.8 Å². The summed E-state index contributed by atoms with van der Waals surface area (Å²) in [5.41, 5.74) is 0.326. The van der Waals surface area contributed by atoms with E-state index in [1.807, 2.05) is 17.8 Å². The van der Waals surface area contributed by atoms with Crippen LogP contribution in [0.5, 0.6) is 5.88 Å². The number of nitro groups is 1. The Morgan fingerprint density at radius 3 is 2.96 bits per heavy atom. The number of nitrogens with zero attached hydrogens (tertiary/aromatic N) is 3. The van der Waals surface area contributed by atoms with E-state index in [0.29, 0.717) is 11.4 Å². The molecule has 2 aromatic rings. The fourth-order valence-electron chi connectivity index (χ4n) is 2.43. The standard InChI is InChI=1S/C17H14N4O4S/c18-9-12-7-13(21(23)24)1-2-15(12)20-17(22)11-3-5-19-16(8-11)25-14-4-6-26-10-14/h1-3,5,7-8,14H,4,6,10H2,(H,20,22). The second kappa shape index (κ2) is 7.84. The van der Waals surface area contributed by atoms with Gasteiger partial charge in [-0.2, -0.15) is 17.0 Å². The fourth-order valence-corrected chi connectivity index (χ4v) is 3.53. The molecule has 0 saturated carbocycles. The molecule has 132 valence electrons. The normalized spacial score (nSPS) is 15.9. The molecule has 1 aliphatic rings. The first-order chi connectivity index (χ1) is 12.6. The number of pyridine rings is 1. The van der Waals surface area contributed by atoms with Crippen molar-refractivity contribution in [2.45, 2.75) is 12.5 Å². The van der Waals surface area contributed by atoms with Crippen LogP contribution >= 0.6 is 11.8 Å². The van der Waals surface area contributed by atoms with Crippen LogP contribution in [-0.2, 0) is 0 Å². The van der Waals surface area contributed by atoms with Gasteiger partial charge in [0.2, 0.25) is 5.88 Å². The molecule has 1 fully saturated rings. The molecule has 0 aliphatic carbocycles. The van der Waals surface area contributed by atoms with Crippen molar-refractivity contribution in [2.75, 3.05) is 16.8 Å². The highest BCUT2D eigenvalue weighted by atomic mass is 32.2. The number of ether oxygens (including phenoxy) is 1. The van der Waals surface area contributed by atoms with E-state index in [9.17, 15) is 14.9 Å². The van der Waals surface area contributed by atoms with E-state index in [1.165, 1.54) is 30.5 Å². The SMILES string of the molecule is N#Cc1cc([N+](=O)[O-])ccc1NC(=O)c1ccnc(OC2CCSC2)c1. The number of carbonyl (C=O) groups excluding carboxylic acids is 1. The van der Waals surface area contributed by atoms with Crippen LogP contribution in [0.3, 0.4) is 0 Å². The molecule has 26 heavy (non-hydrogen) atoms. The van der Waals surface area contributed by atoms with Gasteiger partial charge in [-0.15, -0.1) is 0 Å². The number of thioether (sulfide) groups is 1. The summed E-state index contributed by atoms with van der Waals surface area (Å²) >= 11 is 1.81. The van der Waals surface area contributed by atoms with Crippen molar-refractivity contribution in [3.63, 3.8) is 0 Å². The largest absolute Gasteiger partial charge is 0.473 e. The molecular weight excluding hydrogens is 356 g/mol. The number of hydrogen-bond acceptors (Lipinski definition) is 7. The van der Waals surface area contributed by atoms with E-state index in [-0.39, 0.29) is 23.0 Å². The summed E-state index contributed by atoms with van der Waals surface area (Å²) in [6.45, 7) is 0. The van der Waals surface area contributed by atoms with Crippen LogP contribution in [0.4, 0.5) is 11.4 Å². The highest BCUT2D eigenvalue weighted by Gasteiger charge is 2.19. The summed E-state index contributed by atoms with van der Waals surface area (Å²) in [6, 6.07) is 8.60. The summed E-state index contributed by atoms with van der Waals surface area (Å²) < 4.78 is 5.76. The maximum absolute atomic E-state index is 12.4. The van der Waals surface area contributed by atoms with Gasteiger partial charge in [0, 0.05) is 35.7 Å².